The summed E-state index contributed by atoms with van der Waals surface area (Å²) in [6.07, 6.45) is 3.04. The zero-order valence-corrected chi connectivity index (χ0v) is 9.07. The Hall–Kier alpha value is -1.26. The molecule has 0 bridgehead atoms. The number of nitrogens with one attached hydrogen (secondary N) is 1. The van der Waals surface area contributed by atoms with Crippen LogP contribution in [0.15, 0.2) is 4.99 Å². The molecule has 1 saturated heterocycles. The fourth-order valence-electron chi connectivity index (χ4n) is 1.86. The van der Waals surface area contributed by atoms with E-state index in [0.717, 1.165) is 25.8 Å². The number of carbonyl (C=O) groups is 1. The molecule has 84 valence electrons. The van der Waals surface area contributed by atoms with Crippen molar-refractivity contribution in [3.63, 3.8) is 0 Å². The Morgan fingerprint density at radius 1 is 1.67 bits per heavy atom. The third-order valence-electron chi connectivity index (χ3n) is 2.87. The van der Waals surface area contributed by atoms with Gasteiger partial charge in [-0.3, -0.25) is 4.79 Å². The lowest BCUT2D eigenvalue weighted by Crippen LogP contribution is -2.58. The van der Waals surface area contributed by atoms with Crippen LogP contribution in [0.4, 0.5) is 0 Å². The summed E-state index contributed by atoms with van der Waals surface area (Å²) in [4.78, 5) is 17.9. The van der Waals surface area contributed by atoms with Crippen LogP contribution in [0.1, 0.15) is 26.2 Å². The smallest absolute Gasteiger partial charge is 0.242 e. The molecule has 0 spiro atoms. The van der Waals surface area contributed by atoms with Crippen LogP contribution >= 0.6 is 0 Å². The average Bonchev–Trinajstić information content (AvgIpc) is 3.01. The number of rotatable bonds is 2. The monoisotopic (exact) mass is 210 g/mol. The molecule has 1 aliphatic carbocycles. The maximum atomic E-state index is 11.6. The van der Waals surface area contributed by atoms with Gasteiger partial charge in [0.25, 0.3) is 0 Å². The minimum Gasteiger partial charge on any atom is -0.370 e. The Balaban J connectivity index is 2.07. The quantitative estimate of drug-likeness (QED) is 0.484. The summed E-state index contributed by atoms with van der Waals surface area (Å²) in [7, 11) is 0. The SMILES string of the molecule is CCC1C(=O)NCCN1C(N)=NC1CC1. The van der Waals surface area contributed by atoms with E-state index in [2.05, 4.69) is 10.3 Å². The van der Waals surface area contributed by atoms with Gasteiger partial charge in [0.1, 0.15) is 6.04 Å². The van der Waals surface area contributed by atoms with Gasteiger partial charge in [-0.15, -0.1) is 0 Å². The van der Waals surface area contributed by atoms with Gasteiger partial charge in [-0.25, -0.2) is 4.99 Å². The van der Waals surface area contributed by atoms with Crippen molar-refractivity contribution in [1.82, 2.24) is 10.2 Å². The van der Waals surface area contributed by atoms with E-state index in [1.807, 2.05) is 11.8 Å². The van der Waals surface area contributed by atoms with Crippen molar-refractivity contribution in [2.75, 3.05) is 13.1 Å². The van der Waals surface area contributed by atoms with Crippen molar-refractivity contribution in [3.8, 4) is 0 Å². The Morgan fingerprint density at radius 2 is 2.40 bits per heavy atom. The van der Waals surface area contributed by atoms with Crippen molar-refractivity contribution in [3.05, 3.63) is 0 Å². The average molecular weight is 210 g/mol. The first-order chi connectivity index (χ1) is 7.22. The van der Waals surface area contributed by atoms with E-state index in [1.54, 1.807) is 0 Å². The van der Waals surface area contributed by atoms with Crippen LogP contribution in [0.25, 0.3) is 0 Å². The minimum atomic E-state index is -0.138. The van der Waals surface area contributed by atoms with E-state index in [9.17, 15) is 4.79 Å². The standard InChI is InChI=1S/C10H18N4O/c1-2-8-9(15)12-5-6-14(8)10(11)13-7-3-4-7/h7-8H,2-6H2,1H3,(H2,11,13)(H,12,15). The highest BCUT2D eigenvalue weighted by Gasteiger charge is 2.30. The van der Waals surface area contributed by atoms with Gasteiger partial charge in [0.05, 0.1) is 6.04 Å². The number of amides is 1. The highest BCUT2D eigenvalue weighted by atomic mass is 16.2. The molecule has 1 aliphatic heterocycles. The number of piperazine rings is 1. The number of hydrogen-bond donors (Lipinski definition) is 2. The van der Waals surface area contributed by atoms with Crippen LogP contribution in [0.2, 0.25) is 0 Å². The van der Waals surface area contributed by atoms with E-state index in [1.165, 1.54) is 0 Å². The lowest BCUT2D eigenvalue weighted by atomic mass is 10.1. The predicted octanol–water partition coefficient (Wildman–Crippen LogP) is -0.326. The summed E-state index contributed by atoms with van der Waals surface area (Å²) in [5.41, 5.74) is 5.91. The molecule has 2 aliphatic rings. The first kappa shape index (κ1) is 10.3. The topological polar surface area (TPSA) is 70.7 Å². The Kier molecular flexibility index (Phi) is 2.79. The molecule has 1 amide bonds. The lowest BCUT2D eigenvalue weighted by molar-refractivity contribution is -0.127. The zero-order chi connectivity index (χ0) is 10.8. The second-order valence-corrected chi connectivity index (χ2v) is 4.13. The number of aliphatic imine (C=N–C) groups is 1. The van der Waals surface area contributed by atoms with Gasteiger partial charge in [-0.05, 0) is 19.3 Å². The third-order valence-corrected chi connectivity index (χ3v) is 2.87. The van der Waals surface area contributed by atoms with E-state index < -0.39 is 0 Å². The number of nitrogens with two attached hydrogens (primary N) is 1. The molecule has 2 fully saturated rings. The Bertz CT molecular complexity index is 285. The number of nitrogens with zero attached hydrogens (tertiary/aromatic N) is 2. The largest absolute Gasteiger partial charge is 0.370 e. The minimum absolute atomic E-state index is 0.0673. The van der Waals surface area contributed by atoms with E-state index >= 15 is 0 Å². The maximum absolute atomic E-state index is 11.6. The van der Waals surface area contributed by atoms with E-state index in [-0.39, 0.29) is 11.9 Å². The van der Waals surface area contributed by atoms with Gasteiger partial charge < -0.3 is 16.0 Å². The maximum Gasteiger partial charge on any atom is 0.242 e. The van der Waals surface area contributed by atoms with Crippen LogP contribution in [0, 0.1) is 0 Å². The third kappa shape index (κ3) is 2.22. The molecule has 0 aromatic rings. The van der Waals surface area contributed by atoms with Crippen molar-refractivity contribution < 1.29 is 4.79 Å². The summed E-state index contributed by atoms with van der Waals surface area (Å²) in [5, 5.41) is 2.85. The molecule has 2 rings (SSSR count). The predicted molar refractivity (Wildman–Crippen MR) is 58.4 cm³/mol. The van der Waals surface area contributed by atoms with Crippen molar-refractivity contribution in [2.45, 2.75) is 38.3 Å². The number of guanidine groups is 1. The van der Waals surface area contributed by atoms with Crippen LogP contribution in [-0.4, -0.2) is 41.9 Å². The van der Waals surface area contributed by atoms with Crippen LogP contribution in [-0.2, 0) is 4.79 Å². The molecule has 1 atom stereocenters. The summed E-state index contributed by atoms with van der Waals surface area (Å²) in [6, 6.07) is 0.272. The molecule has 3 N–H and O–H groups in total. The van der Waals surface area contributed by atoms with Gasteiger partial charge in [-0.1, -0.05) is 6.92 Å². The molecule has 5 nitrogen and oxygen atoms in total. The summed E-state index contributed by atoms with van der Waals surface area (Å²) in [6.45, 7) is 3.43. The van der Waals surface area contributed by atoms with Crippen LogP contribution in [0.3, 0.4) is 0 Å². The van der Waals surface area contributed by atoms with Crippen molar-refractivity contribution in [2.24, 2.45) is 10.7 Å². The van der Waals surface area contributed by atoms with Crippen LogP contribution < -0.4 is 11.1 Å². The van der Waals surface area contributed by atoms with Gasteiger partial charge in [-0.2, -0.15) is 0 Å². The molecule has 5 heteroatoms. The molecule has 0 aromatic heterocycles. The van der Waals surface area contributed by atoms with Gasteiger partial charge in [0.2, 0.25) is 5.91 Å². The highest BCUT2D eigenvalue weighted by Crippen LogP contribution is 2.24. The molecule has 0 radical (unpaired) electrons. The van der Waals surface area contributed by atoms with Crippen LogP contribution in [0.5, 0.6) is 0 Å². The number of hydrogen-bond acceptors (Lipinski definition) is 2. The van der Waals surface area contributed by atoms with Crippen molar-refractivity contribution >= 4 is 11.9 Å². The second kappa shape index (κ2) is 4.08. The normalized spacial score (nSPS) is 27.8. The van der Waals surface area contributed by atoms with E-state index in [4.69, 9.17) is 5.73 Å². The van der Waals surface area contributed by atoms with Crippen molar-refractivity contribution in [1.29, 1.82) is 0 Å². The Morgan fingerprint density at radius 3 is 3.00 bits per heavy atom. The fraction of sp³-hybridized carbons (Fsp3) is 0.800. The summed E-state index contributed by atoms with van der Waals surface area (Å²) >= 11 is 0. The van der Waals surface area contributed by atoms with E-state index in [0.29, 0.717) is 18.5 Å². The summed E-state index contributed by atoms with van der Waals surface area (Å²) in [5.74, 6) is 0.608. The summed E-state index contributed by atoms with van der Waals surface area (Å²) < 4.78 is 0. The van der Waals surface area contributed by atoms with Gasteiger partial charge in [0, 0.05) is 13.1 Å². The number of carbonyl (C=O) groups excluding carboxylic acids is 1. The molecule has 0 aromatic carbocycles. The first-order valence-corrected chi connectivity index (χ1v) is 5.60. The zero-order valence-electron chi connectivity index (χ0n) is 9.07. The molecule has 1 saturated carbocycles. The lowest BCUT2D eigenvalue weighted by Gasteiger charge is -2.35. The second-order valence-electron chi connectivity index (χ2n) is 4.13. The Labute approximate surface area is 89.7 Å². The molecule has 1 unspecified atom stereocenters. The van der Waals surface area contributed by atoms with Gasteiger partial charge in [0.15, 0.2) is 5.96 Å². The molecule has 1 heterocycles. The highest BCUT2D eigenvalue weighted by molar-refractivity contribution is 5.89. The molecule has 15 heavy (non-hydrogen) atoms. The first-order valence-electron chi connectivity index (χ1n) is 5.60. The van der Waals surface area contributed by atoms with Gasteiger partial charge >= 0.3 is 0 Å². The molecular weight excluding hydrogens is 192 g/mol. The molecular formula is C10H18N4O. The fourth-order valence-corrected chi connectivity index (χ4v) is 1.86.